The number of hydrogen-bond acceptors (Lipinski definition) is 1. The van der Waals surface area contributed by atoms with E-state index in [1.807, 2.05) is 6.07 Å². The van der Waals surface area contributed by atoms with Gasteiger partial charge in [-0.15, -0.1) is 0 Å². The van der Waals surface area contributed by atoms with Gasteiger partial charge in [-0.3, -0.25) is 0 Å². The number of halogens is 2. The van der Waals surface area contributed by atoms with E-state index >= 15 is 0 Å². The van der Waals surface area contributed by atoms with Crippen molar-refractivity contribution in [3.8, 4) is 0 Å². The van der Waals surface area contributed by atoms with Crippen molar-refractivity contribution in [1.29, 1.82) is 0 Å². The van der Waals surface area contributed by atoms with Gasteiger partial charge in [0, 0.05) is 18.5 Å². The number of benzene rings is 1. The predicted molar refractivity (Wildman–Crippen MR) is 75.4 cm³/mol. The Morgan fingerprint density at radius 2 is 1.94 bits per heavy atom. The molecule has 2 saturated carbocycles. The molecular formula is C15H17Cl2N. The van der Waals surface area contributed by atoms with Gasteiger partial charge in [0.2, 0.25) is 0 Å². The van der Waals surface area contributed by atoms with Crippen LogP contribution in [0.4, 0.5) is 0 Å². The van der Waals surface area contributed by atoms with Gasteiger partial charge in [-0.2, -0.15) is 0 Å². The molecule has 1 heterocycles. The molecular weight excluding hydrogens is 265 g/mol. The van der Waals surface area contributed by atoms with Crippen LogP contribution in [0.2, 0.25) is 10.0 Å². The quantitative estimate of drug-likeness (QED) is 0.863. The largest absolute Gasteiger partial charge is 0.315 e. The first-order chi connectivity index (χ1) is 8.68. The Morgan fingerprint density at radius 3 is 2.61 bits per heavy atom. The average Bonchev–Trinajstić information content (AvgIpc) is 2.78. The Balaban J connectivity index is 1.73. The van der Waals surface area contributed by atoms with Crippen LogP contribution in [0.3, 0.4) is 0 Å². The lowest BCUT2D eigenvalue weighted by Gasteiger charge is -2.35. The second-order valence-electron chi connectivity index (χ2n) is 6.28. The molecule has 1 N–H and O–H groups in total. The van der Waals surface area contributed by atoms with E-state index in [2.05, 4.69) is 17.4 Å². The van der Waals surface area contributed by atoms with Gasteiger partial charge in [-0.1, -0.05) is 35.7 Å². The second kappa shape index (κ2) is 3.65. The summed E-state index contributed by atoms with van der Waals surface area (Å²) in [5, 5.41) is 4.97. The highest BCUT2D eigenvalue weighted by Crippen LogP contribution is 2.73. The molecule has 1 saturated heterocycles. The summed E-state index contributed by atoms with van der Waals surface area (Å²) in [6.45, 7) is 2.30. The molecule has 0 spiro atoms. The van der Waals surface area contributed by atoms with Crippen LogP contribution in [0.5, 0.6) is 0 Å². The van der Waals surface area contributed by atoms with Crippen molar-refractivity contribution in [2.24, 2.45) is 11.3 Å². The number of nitrogens with one attached hydrogen (secondary N) is 1. The van der Waals surface area contributed by atoms with E-state index < -0.39 is 0 Å². The first kappa shape index (κ1) is 11.6. The minimum Gasteiger partial charge on any atom is -0.315 e. The van der Waals surface area contributed by atoms with E-state index in [0.29, 0.717) is 20.9 Å². The summed E-state index contributed by atoms with van der Waals surface area (Å²) in [5.74, 6) is 0.932. The highest BCUT2D eigenvalue weighted by Gasteiger charge is 2.73. The third kappa shape index (κ3) is 1.28. The third-order valence-corrected chi connectivity index (χ3v) is 6.41. The summed E-state index contributed by atoms with van der Waals surface area (Å²) in [5.41, 5.74) is 2.28. The van der Waals surface area contributed by atoms with Crippen molar-refractivity contribution in [3.05, 3.63) is 33.8 Å². The highest BCUT2D eigenvalue weighted by atomic mass is 35.5. The van der Waals surface area contributed by atoms with Crippen LogP contribution in [-0.2, 0) is 5.41 Å². The maximum Gasteiger partial charge on any atom is 0.0595 e. The van der Waals surface area contributed by atoms with Crippen LogP contribution < -0.4 is 5.32 Å². The lowest BCUT2D eigenvalue weighted by atomic mass is 9.70. The Morgan fingerprint density at radius 1 is 1.11 bits per heavy atom. The summed E-state index contributed by atoms with van der Waals surface area (Å²) in [4.78, 5) is 0. The first-order valence-electron chi connectivity index (χ1n) is 6.84. The summed E-state index contributed by atoms with van der Waals surface area (Å²) >= 11 is 12.2. The molecule has 18 heavy (non-hydrogen) atoms. The van der Waals surface area contributed by atoms with Gasteiger partial charge in [0.25, 0.3) is 0 Å². The van der Waals surface area contributed by atoms with Crippen LogP contribution in [0.15, 0.2) is 18.2 Å². The molecule has 2 atom stereocenters. The van der Waals surface area contributed by atoms with E-state index in [4.69, 9.17) is 23.2 Å². The van der Waals surface area contributed by atoms with Crippen molar-refractivity contribution in [1.82, 2.24) is 5.32 Å². The lowest BCUT2D eigenvalue weighted by molar-refractivity contribution is 0.181. The zero-order chi connectivity index (χ0) is 12.4. The number of piperidine rings is 1. The van der Waals surface area contributed by atoms with Gasteiger partial charge in [-0.05, 0) is 48.3 Å². The second-order valence-corrected chi connectivity index (χ2v) is 7.09. The van der Waals surface area contributed by atoms with Crippen LogP contribution in [0.1, 0.15) is 31.2 Å². The SMILES string of the molecule is Clc1ccc(C23CNCC2(C2CCC2)C3)cc1Cl. The standard InChI is InChI=1S/C15H17Cl2N/c16-12-5-4-11(6-13(12)17)15-7-14(15,8-18-9-15)10-2-1-3-10/h4-6,10,18H,1-3,7-9H2. The van der Waals surface area contributed by atoms with Gasteiger partial charge in [0.05, 0.1) is 10.0 Å². The van der Waals surface area contributed by atoms with Crippen molar-refractivity contribution in [2.45, 2.75) is 31.1 Å². The van der Waals surface area contributed by atoms with Crippen LogP contribution >= 0.6 is 23.2 Å². The monoisotopic (exact) mass is 281 g/mol. The Kier molecular flexibility index (Phi) is 2.35. The van der Waals surface area contributed by atoms with Gasteiger partial charge < -0.3 is 5.32 Å². The van der Waals surface area contributed by atoms with Gasteiger partial charge in [0.15, 0.2) is 0 Å². The number of fused-ring (bicyclic) bond motifs is 1. The minimum atomic E-state index is 0.353. The van der Waals surface area contributed by atoms with E-state index in [1.165, 1.54) is 37.8 Å². The third-order valence-electron chi connectivity index (χ3n) is 5.67. The average molecular weight is 282 g/mol. The van der Waals surface area contributed by atoms with Crippen molar-refractivity contribution in [3.63, 3.8) is 0 Å². The minimum absolute atomic E-state index is 0.353. The Labute approximate surface area is 118 Å². The van der Waals surface area contributed by atoms with E-state index in [1.54, 1.807) is 0 Å². The maximum absolute atomic E-state index is 6.19. The van der Waals surface area contributed by atoms with Crippen LogP contribution in [0, 0.1) is 11.3 Å². The lowest BCUT2D eigenvalue weighted by Crippen LogP contribution is -2.30. The zero-order valence-electron chi connectivity index (χ0n) is 10.3. The fourth-order valence-electron chi connectivity index (χ4n) is 4.39. The molecule has 3 fully saturated rings. The molecule has 0 aromatic heterocycles. The molecule has 1 aromatic rings. The molecule has 4 rings (SSSR count). The molecule has 0 bridgehead atoms. The maximum atomic E-state index is 6.19. The zero-order valence-corrected chi connectivity index (χ0v) is 11.8. The van der Waals surface area contributed by atoms with Crippen molar-refractivity contribution in [2.75, 3.05) is 13.1 Å². The normalized spacial score (nSPS) is 38.3. The van der Waals surface area contributed by atoms with Gasteiger partial charge in [-0.25, -0.2) is 0 Å². The molecule has 3 aliphatic rings. The molecule has 2 aliphatic carbocycles. The molecule has 1 aromatic carbocycles. The van der Waals surface area contributed by atoms with Gasteiger partial charge >= 0.3 is 0 Å². The van der Waals surface area contributed by atoms with Crippen molar-refractivity contribution < 1.29 is 0 Å². The first-order valence-corrected chi connectivity index (χ1v) is 7.60. The Bertz CT molecular complexity index is 511. The topological polar surface area (TPSA) is 12.0 Å². The summed E-state index contributed by atoms with van der Waals surface area (Å²) in [6.07, 6.45) is 5.61. The van der Waals surface area contributed by atoms with E-state index in [0.717, 1.165) is 12.5 Å². The smallest absolute Gasteiger partial charge is 0.0595 e. The molecule has 96 valence electrons. The molecule has 0 amide bonds. The van der Waals surface area contributed by atoms with E-state index in [9.17, 15) is 0 Å². The summed E-state index contributed by atoms with van der Waals surface area (Å²) in [6, 6.07) is 6.23. The summed E-state index contributed by atoms with van der Waals surface area (Å²) in [7, 11) is 0. The van der Waals surface area contributed by atoms with Crippen LogP contribution in [0.25, 0.3) is 0 Å². The Hall–Kier alpha value is -0.240. The molecule has 2 unspecified atom stereocenters. The van der Waals surface area contributed by atoms with Crippen molar-refractivity contribution >= 4 is 23.2 Å². The molecule has 1 nitrogen and oxygen atoms in total. The fourth-order valence-corrected chi connectivity index (χ4v) is 4.69. The van der Waals surface area contributed by atoms with E-state index in [-0.39, 0.29) is 0 Å². The molecule has 1 aliphatic heterocycles. The number of rotatable bonds is 2. The molecule has 0 radical (unpaired) electrons. The van der Waals surface area contributed by atoms with Crippen LogP contribution in [-0.4, -0.2) is 13.1 Å². The molecule has 3 heteroatoms. The predicted octanol–water partition coefficient (Wildman–Crippen LogP) is 4.02. The summed E-state index contributed by atoms with van der Waals surface area (Å²) < 4.78 is 0. The fraction of sp³-hybridized carbons (Fsp3) is 0.600. The van der Waals surface area contributed by atoms with Gasteiger partial charge in [0.1, 0.15) is 0 Å². The highest BCUT2D eigenvalue weighted by molar-refractivity contribution is 6.42. The number of hydrogen-bond donors (Lipinski definition) is 1.